The van der Waals surface area contributed by atoms with Gasteiger partial charge in [0.05, 0.1) is 18.6 Å². The molecule has 10 nitrogen and oxygen atoms in total. The number of nitrogens with two attached hydrogens (primary N) is 1. The quantitative estimate of drug-likeness (QED) is 0.148. The van der Waals surface area contributed by atoms with Crippen LogP contribution in [0.25, 0.3) is 0 Å². The van der Waals surface area contributed by atoms with Gasteiger partial charge >= 0.3 is 0 Å². The molecular weight excluding hydrogens is 430 g/mol. The lowest BCUT2D eigenvalue weighted by Crippen LogP contribution is -2.17. The number of hydrogen-bond donors (Lipinski definition) is 3. The number of Topliss-reactive ketones (excluding diaryl/α,β-unsaturated/α-hetero) is 1. The Bertz CT molecular complexity index is 1140. The Kier molecular flexibility index (Phi) is 7.45. The van der Waals surface area contributed by atoms with Crippen LogP contribution in [0.4, 0.5) is 11.6 Å². The summed E-state index contributed by atoms with van der Waals surface area (Å²) in [6.45, 7) is 3.32. The third-order valence-corrected chi connectivity index (χ3v) is 5.33. The van der Waals surface area contributed by atoms with E-state index in [9.17, 15) is 9.59 Å². The van der Waals surface area contributed by atoms with Crippen LogP contribution in [0.3, 0.4) is 0 Å². The molecule has 0 atom stereocenters. The Hall–Kier alpha value is -3.86. The molecule has 0 fully saturated rings. The second-order valence-corrected chi connectivity index (χ2v) is 7.63. The average Bonchev–Trinajstić information content (AvgIpc) is 3.15. The summed E-state index contributed by atoms with van der Waals surface area (Å²) in [6, 6.07) is 14.2. The van der Waals surface area contributed by atoms with Gasteiger partial charge in [0, 0.05) is 16.8 Å². The van der Waals surface area contributed by atoms with Gasteiger partial charge in [0.15, 0.2) is 5.78 Å². The number of benzene rings is 2. The third kappa shape index (κ3) is 5.85. The molecule has 0 radical (unpaired) electrons. The first kappa shape index (κ1) is 22.8. The molecule has 0 unspecified atom stereocenters. The van der Waals surface area contributed by atoms with E-state index in [1.165, 1.54) is 11.6 Å². The summed E-state index contributed by atoms with van der Waals surface area (Å²) in [7, 11) is 1.60. The number of amides is 1. The number of anilines is 2. The van der Waals surface area contributed by atoms with Crippen LogP contribution in [-0.4, -0.2) is 45.1 Å². The lowest BCUT2D eigenvalue weighted by Gasteiger charge is -2.06. The number of nitrogens with one attached hydrogen (secondary N) is 2. The van der Waals surface area contributed by atoms with Crippen LogP contribution in [0.1, 0.15) is 29.8 Å². The molecule has 0 aliphatic rings. The van der Waals surface area contributed by atoms with E-state index >= 15 is 0 Å². The highest BCUT2D eigenvalue weighted by Crippen LogP contribution is 2.18. The first-order chi connectivity index (χ1) is 15.4. The first-order valence-corrected chi connectivity index (χ1v) is 10.5. The van der Waals surface area contributed by atoms with E-state index < -0.39 is 0 Å². The van der Waals surface area contributed by atoms with Gasteiger partial charge < -0.3 is 15.9 Å². The maximum Gasteiger partial charge on any atom is 0.264 e. The van der Waals surface area contributed by atoms with Crippen molar-refractivity contribution in [1.82, 2.24) is 14.9 Å². The van der Waals surface area contributed by atoms with E-state index in [0.29, 0.717) is 22.1 Å². The molecule has 3 rings (SSSR count). The number of ketones is 1. The van der Waals surface area contributed by atoms with Gasteiger partial charge in [0.25, 0.3) is 5.95 Å². The number of nitrogens with zero attached hydrogens (tertiary/aromatic N) is 4. The molecule has 1 aromatic heterocycles. The zero-order valence-electron chi connectivity index (χ0n) is 17.8. The van der Waals surface area contributed by atoms with E-state index in [0.717, 1.165) is 23.1 Å². The largest absolute Gasteiger partial charge is 0.497 e. The molecule has 0 aliphatic heterocycles. The minimum atomic E-state index is -0.241. The molecule has 32 heavy (non-hydrogen) atoms. The minimum absolute atomic E-state index is 0.0341. The fourth-order valence-electron chi connectivity index (χ4n) is 2.61. The summed E-state index contributed by atoms with van der Waals surface area (Å²) in [5, 5.41) is 15.3. The van der Waals surface area contributed by atoms with Gasteiger partial charge in [-0.05, 0) is 50.2 Å². The number of carbonyl (C=O) groups is 2. The van der Waals surface area contributed by atoms with Crippen LogP contribution in [0.2, 0.25) is 0 Å². The molecule has 0 spiro atoms. The van der Waals surface area contributed by atoms with E-state index in [2.05, 4.69) is 26.0 Å². The maximum atomic E-state index is 12.2. The summed E-state index contributed by atoms with van der Waals surface area (Å²) >= 11 is 1.13. The molecule has 2 aromatic carbocycles. The summed E-state index contributed by atoms with van der Waals surface area (Å²) < 4.78 is 6.44. The lowest BCUT2D eigenvalue weighted by molar-refractivity contribution is -0.113. The van der Waals surface area contributed by atoms with Crippen molar-refractivity contribution in [1.29, 1.82) is 0 Å². The van der Waals surface area contributed by atoms with E-state index in [-0.39, 0.29) is 23.4 Å². The van der Waals surface area contributed by atoms with E-state index in [4.69, 9.17) is 10.6 Å². The molecule has 0 bridgehead atoms. The van der Waals surface area contributed by atoms with E-state index in [1.807, 2.05) is 31.2 Å². The second kappa shape index (κ2) is 10.4. The van der Waals surface area contributed by atoms with Crippen LogP contribution >= 0.6 is 11.8 Å². The average molecular weight is 454 g/mol. The molecular formula is C21H23N7O3S. The third-order valence-electron chi connectivity index (χ3n) is 4.38. The standard InChI is InChI=1S/C21H23N7O3S/c1-13(16-5-4-6-18(11-16)31-3)24-25-20-26-27-21(28(20)22)32-12-19(30)23-17-9-7-15(8-10-17)14(2)29/h4-11H,12,22H2,1-3H3,(H,23,30)(H,25,26)/b24-13+. The SMILES string of the molecule is COc1cccc(/C(C)=N/Nc2nnc(SCC(=O)Nc3ccc(C(C)=O)cc3)n2N)c1. The summed E-state index contributed by atoms with van der Waals surface area (Å²) in [5.41, 5.74) is 5.54. The fourth-order valence-corrected chi connectivity index (χ4v) is 3.27. The predicted molar refractivity (Wildman–Crippen MR) is 125 cm³/mol. The number of aromatic nitrogens is 3. The Morgan fingerprint density at radius 2 is 1.88 bits per heavy atom. The van der Waals surface area contributed by atoms with Crippen LogP contribution in [0.5, 0.6) is 5.75 Å². The van der Waals surface area contributed by atoms with Crippen molar-refractivity contribution < 1.29 is 14.3 Å². The molecule has 3 aromatic rings. The molecule has 0 saturated carbocycles. The molecule has 4 N–H and O–H groups in total. The van der Waals surface area contributed by atoms with Crippen molar-refractivity contribution in [2.45, 2.75) is 19.0 Å². The predicted octanol–water partition coefficient (Wildman–Crippen LogP) is 2.77. The van der Waals surface area contributed by atoms with Crippen molar-refractivity contribution in [2.75, 3.05) is 29.4 Å². The van der Waals surface area contributed by atoms with Gasteiger partial charge in [-0.15, -0.1) is 10.2 Å². The number of rotatable bonds is 9. The number of hydrogen-bond acceptors (Lipinski definition) is 9. The lowest BCUT2D eigenvalue weighted by atomic mass is 10.1. The Morgan fingerprint density at radius 1 is 1.12 bits per heavy atom. The number of methoxy groups -OCH3 is 1. The highest BCUT2D eigenvalue weighted by Gasteiger charge is 2.12. The maximum absolute atomic E-state index is 12.2. The van der Waals surface area contributed by atoms with Gasteiger partial charge in [-0.2, -0.15) is 5.10 Å². The van der Waals surface area contributed by atoms with Crippen molar-refractivity contribution in [3.63, 3.8) is 0 Å². The number of ether oxygens (including phenoxy) is 1. The van der Waals surface area contributed by atoms with E-state index in [1.54, 1.807) is 31.4 Å². The van der Waals surface area contributed by atoms with Gasteiger partial charge in [-0.3, -0.25) is 9.59 Å². The molecule has 1 heterocycles. The zero-order valence-corrected chi connectivity index (χ0v) is 18.6. The fraction of sp³-hybridized carbons (Fsp3) is 0.190. The van der Waals surface area contributed by atoms with Gasteiger partial charge in [0.1, 0.15) is 5.75 Å². The van der Waals surface area contributed by atoms with Crippen molar-refractivity contribution >= 4 is 40.8 Å². The van der Waals surface area contributed by atoms with Gasteiger partial charge in [0.2, 0.25) is 11.1 Å². The normalized spacial score (nSPS) is 11.2. The summed E-state index contributed by atoms with van der Waals surface area (Å²) in [5.74, 6) is 6.78. The van der Waals surface area contributed by atoms with Crippen LogP contribution in [0.15, 0.2) is 58.8 Å². The Balaban J connectivity index is 1.56. The van der Waals surface area contributed by atoms with Gasteiger partial charge in [-0.25, -0.2) is 10.1 Å². The minimum Gasteiger partial charge on any atom is -0.497 e. The molecule has 0 aliphatic carbocycles. The highest BCUT2D eigenvalue weighted by molar-refractivity contribution is 7.99. The van der Waals surface area contributed by atoms with Crippen LogP contribution < -0.4 is 21.3 Å². The molecule has 0 saturated heterocycles. The molecule has 11 heteroatoms. The monoisotopic (exact) mass is 453 g/mol. The second-order valence-electron chi connectivity index (χ2n) is 6.69. The smallest absolute Gasteiger partial charge is 0.264 e. The number of nitrogen functional groups attached to an aromatic ring is 1. The zero-order chi connectivity index (χ0) is 23.1. The molecule has 166 valence electrons. The summed E-state index contributed by atoms with van der Waals surface area (Å²) in [6.07, 6.45) is 0. The highest BCUT2D eigenvalue weighted by atomic mass is 32.2. The van der Waals surface area contributed by atoms with Crippen molar-refractivity contribution in [2.24, 2.45) is 5.10 Å². The van der Waals surface area contributed by atoms with Crippen molar-refractivity contribution in [3.8, 4) is 5.75 Å². The first-order valence-electron chi connectivity index (χ1n) is 9.56. The van der Waals surface area contributed by atoms with Gasteiger partial charge in [-0.1, -0.05) is 23.9 Å². The Morgan fingerprint density at radius 3 is 2.56 bits per heavy atom. The topological polar surface area (TPSA) is 137 Å². The van der Waals surface area contributed by atoms with Crippen LogP contribution in [-0.2, 0) is 4.79 Å². The number of thioether (sulfide) groups is 1. The molecule has 1 amide bonds. The summed E-state index contributed by atoms with van der Waals surface area (Å²) in [4.78, 5) is 23.5. The van der Waals surface area contributed by atoms with Crippen molar-refractivity contribution in [3.05, 3.63) is 59.7 Å². The Labute approximate surface area is 189 Å². The van der Waals surface area contributed by atoms with Crippen LogP contribution in [0, 0.1) is 0 Å². The number of hydrazone groups is 1. The number of carbonyl (C=O) groups excluding carboxylic acids is 2.